The number of methoxy groups -OCH3 is 1. The van der Waals surface area contributed by atoms with Gasteiger partial charge in [-0.2, -0.15) is 0 Å². The van der Waals surface area contributed by atoms with Crippen molar-refractivity contribution in [2.75, 3.05) is 12.4 Å². The van der Waals surface area contributed by atoms with Crippen molar-refractivity contribution >= 4 is 29.0 Å². The molecule has 1 amide bonds. The van der Waals surface area contributed by atoms with Crippen LogP contribution in [0.1, 0.15) is 26.3 Å². The predicted molar refractivity (Wildman–Crippen MR) is 102 cm³/mol. The highest BCUT2D eigenvalue weighted by Crippen LogP contribution is 2.26. The SMILES string of the molecule is COc1ccc(C(=O)Nc2ccccc2C(=O)c2ccccc2)cc1Cl. The summed E-state index contributed by atoms with van der Waals surface area (Å²) in [5.74, 6) is -0.0278. The van der Waals surface area contributed by atoms with E-state index in [4.69, 9.17) is 16.3 Å². The van der Waals surface area contributed by atoms with Crippen LogP contribution in [0.25, 0.3) is 0 Å². The highest BCUT2D eigenvalue weighted by molar-refractivity contribution is 6.32. The van der Waals surface area contributed by atoms with Gasteiger partial charge in [0.2, 0.25) is 0 Å². The number of rotatable bonds is 5. The molecule has 4 nitrogen and oxygen atoms in total. The average molecular weight is 366 g/mol. The van der Waals surface area contributed by atoms with E-state index in [1.165, 1.54) is 13.2 Å². The summed E-state index contributed by atoms with van der Waals surface area (Å²) >= 11 is 6.08. The molecule has 0 spiro atoms. The van der Waals surface area contributed by atoms with Crippen molar-refractivity contribution in [2.24, 2.45) is 0 Å². The number of hydrogen-bond donors (Lipinski definition) is 1. The second kappa shape index (κ2) is 7.85. The summed E-state index contributed by atoms with van der Waals surface area (Å²) in [5, 5.41) is 3.12. The van der Waals surface area contributed by atoms with Gasteiger partial charge < -0.3 is 10.1 Å². The van der Waals surface area contributed by atoms with Gasteiger partial charge in [0, 0.05) is 16.7 Å². The minimum atomic E-state index is -0.358. The minimum absolute atomic E-state index is 0.158. The number of carbonyl (C=O) groups excluding carboxylic acids is 2. The van der Waals surface area contributed by atoms with Gasteiger partial charge in [0.1, 0.15) is 5.75 Å². The van der Waals surface area contributed by atoms with Gasteiger partial charge in [-0.25, -0.2) is 0 Å². The molecule has 0 aliphatic rings. The second-order valence-corrected chi connectivity index (χ2v) is 5.95. The maximum absolute atomic E-state index is 12.7. The van der Waals surface area contributed by atoms with Crippen molar-refractivity contribution in [1.82, 2.24) is 0 Å². The van der Waals surface area contributed by atoms with E-state index >= 15 is 0 Å². The Kier molecular flexibility index (Phi) is 5.34. The lowest BCUT2D eigenvalue weighted by atomic mass is 10.0. The minimum Gasteiger partial charge on any atom is -0.495 e. The van der Waals surface area contributed by atoms with Gasteiger partial charge >= 0.3 is 0 Å². The third kappa shape index (κ3) is 3.76. The first-order valence-electron chi connectivity index (χ1n) is 7.94. The summed E-state index contributed by atoms with van der Waals surface area (Å²) in [6.07, 6.45) is 0. The van der Waals surface area contributed by atoms with Gasteiger partial charge in [0.25, 0.3) is 5.91 Å². The zero-order valence-electron chi connectivity index (χ0n) is 14.0. The van der Waals surface area contributed by atoms with Crippen LogP contribution >= 0.6 is 11.6 Å². The number of anilines is 1. The molecule has 0 saturated carbocycles. The zero-order valence-corrected chi connectivity index (χ0v) is 14.8. The Labute approximate surface area is 156 Å². The van der Waals surface area contributed by atoms with Crippen LogP contribution in [0.15, 0.2) is 72.8 Å². The first-order chi connectivity index (χ1) is 12.6. The molecular weight excluding hydrogens is 350 g/mol. The Morgan fingerprint density at radius 2 is 1.58 bits per heavy atom. The molecule has 0 unspecified atom stereocenters. The molecule has 1 N–H and O–H groups in total. The molecule has 0 bridgehead atoms. The molecule has 0 aliphatic carbocycles. The van der Waals surface area contributed by atoms with Crippen LogP contribution in [0.5, 0.6) is 5.75 Å². The Bertz CT molecular complexity index is 954. The predicted octanol–water partition coefficient (Wildman–Crippen LogP) is 4.83. The molecule has 0 heterocycles. The van der Waals surface area contributed by atoms with E-state index in [2.05, 4.69) is 5.32 Å². The van der Waals surface area contributed by atoms with Gasteiger partial charge in [-0.3, -0.25) is 9.59 Å². The maximum Gasteiger partial charge on any atom is 0.255 e. The topological polar surface area (TPSA) is 55.4 Å². The van der Waals surface area contributed by atoms with E-state index in [-0.39, 0.29) is 11.7 Å². The molecule has 0 aliphatic heterocycles. The van der Waals surface area contributed by atoms with Crippen LogP contribution < -0.4 is 10.1 Å². The molecule has 3 rings (SSSR count). The molecule has 0 saturated heterocycles. The molecular formula is C21H16ClNO3. The first-order valence-corrected chi connectivity index (χ1v) is 8.31. The van der Waals surface area contributed by atoms with Crippen molar-refractivity contribution in [1.29, 1.82) is 0 Å². The summed E-state index contributed by atoms with van der Waals surface area (Å²) < 4.78 is 5.09. The van der Waals surface area contributed by atoms with E-state index < -0.39 is 0 Å². The standard InChI is InChI=1S/C21H16ClNO3/c1-26-19-12-11-15(13-17(19)22)21(25)23-18-10-6-5-9-16(18)20(24)14-7-3-2-4-8-14/h2-13H,1H3,(H,23,25). The number of nitrogens with one attached hydrogen (secondary N) is 1. The number of benzene rings is 3. The Balaban J connectivity index is 1.88. The van der Waals surface area contributed by atoms with Crippen LogP contribution in [0.4, 0.5) is 5.69 Å². The largest absolute Gasteiger partial charge is 0.495 e. The number of amides is 1. The summed E-state index contributed by atoms with van der Waals surface area (Å²) in [6.45, 7) is 0. The van der Waals surface area contributed by atoms with Crippen molar-refractivity contribution in [3.8, 4) is 5.75 Å². The summed E-state index contributed by atoms with van der Waals surface area (Å²) in [6, 6.07) is 20.6. The molecule has 130 valence electrons. The fourth-order valence-electron chi connectivity index (χ4n) is 2.54. The zero-order chi connectivity index (χ0) is 18.5. The lowest BCUT2D eigenvalue weighted by Crippen LogP contribution is -2.15. The van der Waals surface area contributed by atoms with Crippen molar-refractivity contribution in [2.45, 2.75) is 0 Å². The average Bonchev–Trinajstić information content (AvgIpc) is 2.68. The summed E-state index contributed by atoms with van der Waals surface area (Å²) in [5.41, 5.74) is 1.80. The second-order valence-electron chi connectivity index (χ2n) is 5.54. The molecule has 0 aromatic heterocycles. The molecule has 0 fully saturated rings. The highest BCUT2D eigenvalue weighted by Gasteiger charge is 2.16. The monoisotopic (exact) mass is 365 g/mol. The number of para-hydroxylation sites is 1. The molecule has 0 radical (unpaired) electrons. The summed E-state index contributed by atoms with van der Waals surface area (Å²) in [4.78, 5) is 25.3. The summed E-state index contributed by atoms with van der Waals surface area (Å²) in [7, 11) is 1.51. The van der Waals surface area contributed by atoms with Crippen LogP contribution in [0.3, 0.4) is 0 Å². The lowest BCUT2D eigenvalue weighted by Gasteiger charge is -2.11. The van der Waals surface area contributed by atoms with Gasteiger partial charge in [-0.15, -0.1) is 0 Å². The van der Waals surface area contributed by atoms with E-state index in [1.807, 2.05) is 6.07 Å². The van der Waals surface area contributed by atoms with Crippen molar-refractivity contribution in [3.05, 3.63) is 94.5 Å². The quantitative estimate of drug-likeness (QED) is 0.659. The highest BCUT2D eigenvalue weighted by atomic mass is 35.5. The molecule has 0 atom stereocenters. The Morgan fingerprint density at radius 1 is 0.885 bits per heavy atom. The molecule has 26 heavy (non-hydrogen) atoms. The number of hydrogen-bond acceptors (Lipinski definition) is 3. The van der Waals surface area contributed by atoms with Crippen molar-refractivity contribution < 1.29 is 14.3 Å². The van der Waals surface area contributed by atoms with E-state index in [9.17, 15) is 9.59 Å². The van der Waals surface area contributed by atoms with Crippen LogP contribution in [0.2, 0.25) is 5.02 Å². The van der Waals surface area contributed by atoms with E-state index in [0.29, 0.717) is 33.1 Å². The molecule has 3 aromatic carbocycles. The van der Waals surface area contributed by atoms with Gasteiger partial charge in [0.05, 0.1) is 17.8 Å². The molecule has 5 heteroatoms. The van der Waals surface area contributed by atoms with Crippen LogP contribution in [0, 0.1) is 0 Å². The Hall–Kier alpha value is -3.11. The first kappa shape index (κ1) is 17.7. The van der Waals surface area contributed by atoms with Gasteiger partial charge in [0.15, 0.2) is 5.78 Å². The van der Waals surface area contributed by atoms with Crippen LogP contribution in [-0.2, 0) is 0 Å². The van der Waals surface area contributed by atoms with Gasteiger partial charge in [-0.1, -0.05) is 54.1 Å². The normalized spacial score (nSPS) is 10.2. The van der Waals surface area contributed by atoms with E-state index in [1.54, 1.807) is 60.7 Å². The van der Waals surface area contributed by atoms with Crippen LogP contribution in [-0.4, -0.2) is 18.8 Å². The third-order valence-electron chi connectivity index (χ3n) is 3.87. The van der Waals surface area contributed by atoms with Gasteiger partial charge in [-0.05, 0) is 30.3 Å². The number of ketones is 1. The van der Waals surface area contributed by atoms with E-state index in [0.717, 1.165) is 0 Å². The van der Waals surface area contributed by atoms with Crippen molar-refractivity contribution in [3.63, 3.8) is 0 Å². The lowest BCUT2D eigenvalue weighted by molar-refractivity contribution is 0.102. The molecule has 3 aromatic rings. The smallest absolute Gasteiger partial charge is 0.255 e. The third-order valence-corrected chi connectivity index (χ3v) is 4.17. The number of halogens is 1. The fourth-order valence-corrected chi connectivity index (χ4v) is 2.79. The fraction of sp³-hybridized carbons (Fsp3) is 0.0476. The number of carbonyl (C=O) groups is 2. The Morgan fingerprint density at radius 3 is 2.27 bits per heavy atom. The maximum atomic E-state index is 12.7. The number of ether oxygens (including phenoxy) is 1.